The first-order chi connectivity index (χ1) is 9.33. The van der Waals surface area contributed by atoms with Crippen LogP contribution >= 0.6 is 27.3 Å². The van der Waals surface area contributed by atoms with Crippen molar-refractivity contribution in [2.75, 3.05) is 6.54 Å². The number of hydrogen-bond acceptors (Lipinski definition) is 3. The standard InChI is InChI=1S/C15H17BrN2S/c16-13-7-2-1-6-12(13)14-10-19-15(18-14)9-11-5-3-4-8-17-11/h1-2,6-7,10-11,17H,3-5,8-9H2. The van der Waals surface area contributed by atoms with Gasteiger partial charge < -0.3 is 5.32 Å². The van der Waals surface area contributed by atoms with Crippen LogP contribution in [0.5, 0.6) is 0 Å². The van der Waals surface area contributed by atoms with Crippen molar-refractivity contribution in [3.8, 4) is 11.3 Å². The third-order valence-electron chi connectivity index (χ3n) is 3.53. The quantitative estimate of drug-likeness (QED) is 0.905. The molecule has 1 aliphatic rings. The monoisotopic (exact) mass is 336 g/mol. The Kier molecular flexibility index (Phi) is 4.31. The molecule has 1 atom stereocenters. The zero-order chi connectivity index (χ0) is 13.1. The van der Waals surface area contributed by atoms with Gasteiger partial charge in [-0.15, -0.1) is 11.3 Å². The minimum absolute atomic E-state index is 0.618. The summed E-state index contributed by atoms with van der Waals surface area (Å²) in [4.78, 5) is 4.78. The predicted octanol–water partition coefficient (Wildman–Crippen LogP) is 4.26. The molecule has 0 aliphatic carbocycles. The van der Waals surface area contributed by atoms with E-state index in [1.165, 1.54) is 29.8 Å². The molecule has 1 aromatic heterocycles. The van der Waals surface area contributed by atoms with Gasteiger partial charge in [-0.05, 0) is 25.5 Å². The van der Waals surface area contributed by atoms with Gasteiger partial charge in [0, 0.05) is 27.9 Å². The van der Waals surface area contributed by atoms with Gasteiger partial charge in [-0.25, -0.2) is 4.98 Å². The summed E-state index contributed by atoms with van der Waals surface area (Å²) in [5.41, 5.74) is 2.27. The van der Waals surface area contributed by atoms with Gasteiger partial charge in [-0.1, -0.05) is 40.5 Å². The molecule has 1 aromatic carbocycles. The number of nitrogens with zero attached hydrogens (tertiary/aromatic N) is 1. The lowest BCUT2D eigenvalue weighted by molar-refractivity contribution is 0.399. The van der Waals surface area contributed by atoms with E-state index in [0.717, 1.165) is 23.1 Å². The fourth-order valence-corrected chi connectivity index (χ4v) is 3.87. The summed E-state index contributed by atoms with van der Waals surface area (Å²) in [6.07, 6.45) is 5.01. The maximum atomic E-state index is 4.78. The molecule has 1 aliphatic heterocycles. The van der Waals surface area contributed by atoms with Crippen molar-refractivity contribution in [1.29, 1.82) is 0 Å². The van der Waals surface area contributed by atoms with Gasteiger partial charge in [0.1, 0.15) is 0 Å². The minimum Gasteiger partial charge on any atom is -0.314 e. The molecule has 3 rings (SSSR count). The molecule has 1 fully saturated rings. The second kappa shape index (κ2) is 6.16. The van der Waals surface area contributed by atoms with Gasteiger partial charge in [0.25, 0.3) is 0 Å². The highest BCUT2D eigenvalue weighted by molar-refractivity contribution is 9.10. The van der Waals surface area contributed by atoms with Crippen molar-refractivity contribution in [2.24, 2.45) is 0 Å². The first-order valence-corrected chi connectivity index (χ1v) is 8.43. The molecule has 0 radical (unpaired) electrons. The lowest BCUT2D eigenvalue weighted by Gasteiger charge is -2.22. The zero-order valence-corrected chi connectivity index (χ0v) is 13.1. The van der Waals surface area contributed by atoms with Crippen LogP contribution in [-0.2, 0) is 6.42 Å². The Morgan fingerprint density at radius 1 is 1.32 bits per heavy atom. The normalized spacial score (nSPS) is 19.5. The fourth-order valence-electron chi connectivity index (χ4n) is 2.51. The predicted molar refractivity (Wildman–Crippen MR) is 84.6 cm³/mol. The number of aromatic nitrogens is 1. The molecule has 100 valence electrons. The van der Waals surface area contributed by atoms with Crippen molar-refractivity contribution in [2.45, 2.75) is 31.7 Å². The molecule has 1 unspecified atom stereocenters. The Hall–Kier alpha value is -0.710. The smallest absolute Gasteiger partial charge is 0.0948 e. The Balaban J connectivity index is 1.74. The highest BCUT2D eigenvalue weighted by Gasteiger charge is 2.15. The summed E-state index contributed by atoms with van der Waals surface area (Å²) in [5.74, 6) is 0. The van der Waals surface area contributed by atoms with Crippen molar-refractivity contribution < 1.29 is 0 Å². The van der Waals surface area contributed by atoms with E-state index < -0.39 is 0 Å². The van der Waals surface area contributed by atoms with Crippen LogP contribution in [0.3, 0.4) is 0 Å². The molecule has 2 heterocycles. The van der Waals surface area contributed by atoms with E-state index in [1.54, 1.807) is 11.3 Å². The largest absolute Gasteiger partial charge is 0.314 e. The van der Waals surface area contributed by atoms with Gasteiger partial charge in [0.05, 0.1) is 10.7 Å². The Morgan fingerprint density at radius 2 is 2.21 bits per heavy atom. The van der Waals surface area contributed by atoms with Crippen LogP contribution in [0.4, 0.5) is 0 Å². The highest BCUT2D eigenvalue weighted by Crippen LogP contribution is 2.29. The molecule has 2 aromatic rings. The van der Waals surface area contributed by atoms with E-state index in [9.17, 15) is 0 Å². The van der Waals surface area contributed by atoms with E-state index in [1.807, 2.05) is 6.07 Å². The number of hydrogen-bond donors (Lipinski definition) is 1. The molecule has 0 bridgehead atoms. The van der Waals surface area contributed by atoms with Crippen molar-refractivity contribution >= 4 is 27.3 Å². The van der Waals surface area contributed by atoms with Crippen LogP contribution in [0.25, 0.3) is 11.3 Å². The zero-order valence-electron chi connectivity index (χ0n) is 10.7. The van der Waals surface area contributed by atoms with E-state index in [2.05, 4.69) is 44.8 Å². The van der Waals surface area contributed by atoms with Crippen LogP contribution in [0.15, 0.2) is 34.1 Å². The first kappa shape index (κ1) is 13.3. The summed E-state index contributed by atoms with van der Waals surface area (Å²) in [6.45, 7) is 1.16. The summed E-state index contributed by atoms with van der Waals surface area (Å²) in [7, 11) is 0. The summed E-state index contributed by atoms with van der Waals surface area (Å²) in [6, 6.07) is 8.89. The molecule has 19 heavy (non-hydrogen) atoms. The summed E-state index contributed by atoms with van der Waals surface area (Å²) in [5, 5.41) is 6.99. The van der Waals surface area contributed by atoms with Crippen LogP contribution < -0.4 is 5.32 Å². The number of nitrogens with one attached hydrogen (secondary N) is 1. The fraction of sp³-hybridized carbons (Fsp3) is 0.400. The molecule has 1 saturated heterocycles. The van der Waals surface area contributed by atoms with Gasteiger partial charge in [-0.3, -0.25) is 0 Å². The van der Waals surface area contributed by atoms with Gasteiger partial charge >= 0.3 is 0 Å². The van der Waals surface area contributed by atoms with E-state index in [-0.39, 0.29) is 0 Å². The topological polar surface area (TPSA) is 24.9 Å². The van der Waals surface area contributed by atoms with Crippen molar-refractivity contribution in [1.82, 2.24) is 10.3 Å². The first-order valence-electron chi connectivity index (χ1n) is 6.75. The average Bonchev–Trinajstić information content (AvgIpc) is 2.89. The van der Waals surface area contributed by atoms with Gasteiger partial charge in [-0.2, -0.15) is 0 Å². The Bertz CT molecular complexity index is 547. The molecule has 2 nitrogen and oxygen atoms in total. The minimum atomic E-state index is 0.618. The molecular weight excluding hydrogens is 320 g/mol. The molecule has 0 amide bonds. The van der Waals surface area contributed by atoms with Crippen molar-refractivity contribution in [3.63, 3.8) is 0 Å². The van der Waals surface area contributed by atoms with Crippen molar-refractivity contribution in [3.05, 3.63) is 39.1 Å². The second-order valence-corrected chi connectivity index (χ2v) is 6.75. The number of piperidine rings is 1. The molecule has 4 heteroatoms. The lowest BCUT2D eigenvalue weighted by Crippen LogP contribution is -2.35. The maximum absolute atomic E-state index is 4.78. The number of halogens is 1. The second-order valence-electron chi connectivity index (χ2n) is 4.96. The third-order valence-corrected chi connectivity index (χ3v) is 5.10. The van der Waals surface area contributed by atoms with E-state index in [0.29, 0.717) is 6.04 Å². The summed E-state index contributed by atoms with van der Waals surface area (Å²) >= 11 is 5.37. The van der Waals surface area contributed by atoms with Crippen LogP contribution in [0.1, 0.15) is 24.3 Å². The highest BCUT2D eigenvalue weighted by atomic mass is 79.9. The molecule has 0 saturated carbocycles. The lowest BCUT2D eigenvalue weighted by atomic mass is 10.0. The maximum Gasteiger partial charge on any atom is 0.0948 e. The molecule has 0 spiro atoms. The Labute approximate surface area is 126 Å². The number of thiazole rings is 1. The van der Waals surface area contributed by atoms with Crippen LogP contribution in [0.2, 0.25) is 0 Å². The summed E-state index contributed by atoms with van der Waals surface area (Å²) < 4.78 is 1.11. The molecule has 1 N–H and O–H groups in total. The number of rotatable bonds is 3. The third kappa shape index (κ3) is 3.25. The SMILES string of the molecule is Brc1ccccc1-c1csc(CC2CCCCN2)n1. The average molecular weight is 337 g/mol. The molecular formula is C15H17BrN2S. The van der Waals surface area contributed by atoms with Crippen LogP contribution in [-0.4, -0.2) is 17.6 Å². The number of benzene rings is 1. The van der Waals surface area contributed by atoms with Crippen LogP contribution in [0, 0.1) is 0 Å². The Morgan fingerprint density at radius 3 is 3.00 bits per heavy atom. The van der Waals surface area contributed by atoms with Gasteiger partial charge in [0.2, 0.25) is 0 Å². The van der Waals surface area contributed by atoms with Gasteiger partial charge in [0.15, 0.2) is 0 Å². The van der Waals surface area contributed by atoms with E-state index >= 15 is 0 Å². The van der Waals surface area contributed by atoms with E-state index in [4.69, 9.17) is 4.98 Å².